The summed E-state index contributed by atoms with van der Waals surface area (Å²) in [5, 5.41) is 8.81. The van der Waals surface area contributed by atoms with Crippen LogP contribution in [0.2, 0.25) is 0 Å². The van der Waals surface area contributed by atoms with Gasteiger partial charge in [0.05, 0.1) is 22.2 Å². The van der Waals surface area contributed by atoms with Crippen LogP contribution in [0.3, 0.4) is 0 Å². The molecule has 1 amide bonds. The minimum absolute atomic E-state index is 0.188. The van der Waals surface area contributed by atoms with Gasteiger partial charge in [0.1, 0.15) is 9.71 Å². The summed E-state index contributed by atoms with van der Waals surface area (Å²) in [4.78, 5) is 26.4. The van der Waals surface area contributed by atoms with Gasteiger partial charge >= 0.3 is 5.97 Å². The molecule has 3 heterocycles. The van der Waals surface area contributed by atoms with E-state index in [2.05, 4.69) is 10.4 Å². The lowest BCUT2D eigenvalue weighted by Crippen LogP contribution is -2.08. The van der Waals surface area contributed by atoms with Crippen LogP contribution in [0.15, 0.2) is 12.1 Å². The number of carbonyl (C=O) groups is 2. The minimum atomic E-state index is -0.357. The predicted molar refractivity (Wildman–Crippen MR) is 96.3 cm³/mol. The van der Waals surface area contributed by atoms with E-state index in [0.717, 1.165) is 21.5 Å². The molecule has 0 fully saturated rings. The van der Waals surface area contributed by atoms with Crippen LogP contribution in [0, 0.1) is 13.8 Å². The van der Waals surface area contributed by atoms with Crippen molar-refractivity contribution in [3.63, 3.8) is 0 Å². The summed E-state index contributed by atoms with van der Waals surface area (Å²) in [5.41, 5.74) is 1.70. The molecule has 6 nitrogen and oxygen atoms in total. The van der Waals surface area contributed by atoms with Crippen molar-refractivity contribution < 1.29 is 14.3 Å². The van der Waals surface area contributed by atoms with E-state index in [-0.39, 0.29) is 11.9 Å². The first-order valence-electron chi connectivity index (χ1n) is 7.42. The Labute approximate surface area is 147 Å². The van der Waals surface area contributed by atoms with Crippen LogP contribution in [0.5, 0.6) is 0 Å². The summed E-state index contributed by atoms with van der Waals surface area (Å²) in [6.07, 6.45) is 0. The van der Waals surface area contributed by atoms with Gasteiger partial charge in [-0.05, 0) is 38.5 Å². The highest BCUT2D eigenvalue weighted by Gasteiger charge is 2.18. The Hall–Kier alpha value is -2.19. The van der Waals surface area contributed by atoms with Gasteiger partial charge < -0.3 is 10.1 Å². The van der Waals surface area contributed by atoms with Crippen molar-refractivity contribution in [2.45, 2.75) is 20.8 Å². The van der Waals surface area contributed by atoms with E-state index in [1.165, 1.54) is 22.7 Å². The van der Waals surface area contributed by atoms with Crippen molar-refractivity contribution in [2.75, 3.05) is 11.9 Å². The number of nitrogens with zero attached hydrogens (tertiary/aromatic N) is 2. The summed E-state index contributed by atoms with van der Waals surface area (Å²) in [5.74, 6) is -0.545. The van der Waals surface area contributed by atoms with Crippen LogP contribution in [0.25, 0.3) is 10.2 Å². The lowest BCUT2D eigenvalue weighted by molar-refractivity contribution is 0.0531. The molecule has 0 aliphatic rings. The molecular weight excluding hydrogens is 346 g/mol. The molecule has 126 valence electrons. The fraction of sp³-hybridized carbons (Fsp3) is 0.312. The van der Waals surface area contributed by atoms with Crippen LogP contribution in [-0.4, -0.2) is 28.3 Å². The van der Waals surface area contributed by atoms with Gasteiger partial charge in [-0.25, -0.2) is 4.79 Å². The minimum Gasteiger partial charge on any atom is -0.462 e. The number of thiophene rings is 2. The van der Waals surface area contributed by atoms with Crippen LogP contribution >= 0.6 is 22.7 Å². The summed E-state index contributed by atoms with van der Waals surface area (Å²) >= 11 is 2.63. The number of amides is 1. The maximum atomic E-state index is 12.5. The molecule has 0 unspecified atom stereocenters. The van der Waals surface area contributed by atoms with Crippen molar-refractivity contribution >= 4 is 49.8 Å². The molecule has 0 aromatic carbocycles. The molecule has 0 saturated carbocycles. The molecule has 3 rings (SSSR count). The third-order valence-corrected chi connectivity index (χ3v) is 5.87. The summed E-state index contributed by atoms with van der Waals surface area (Å²) in [6, 6.07) is 3.64. The molecule has 0 aliphatic heterocycles. The molecule has 0 aliphatic carbocycles. The Balaban J connectivity index is 1.82. The SMILES string of the molecule is CCOC(=O)c1sc(NC(=O)c2cc3c(C)nn(C)c3s2)cc1C. The Morgan fingerprint density at radius 2 is 2.04 bits per heavy atom. The van der Waals surface area contributed by atoms with Crippen molar-refractivity contribution in [1.29, 1.82) is 0 Å². The number of esters is 1. The zero-order valence-electron chi connectivity index (χ0n) is 13.8. The zero-order valence-corrected chi connectivity index (χ0v) is 15.4. The zero-order chi connectivity index (χ0) is 17.4. The molecule has 3 aromatic heterocycles. The Morgan fingerprint density at radius 3 is 2.71 bits per heavy atom. The highest BCUT2D eigenvalue weighted by atomic mass is 32.1. The molecule has 0 radical (unpaired) electrons. The first-order valence-corrected chi connectivity index (χ1v) is 9.06. The maximum Gasteiger partial charge on any atom is 0.348 e. The fourth-order valence-corrected chi connectivity index (χ4v) is 4.41. The smallest absolute Gasteiger partial charge is 0.348 e. The average Bonchev–Trinajstić information content (AvgIpc) is 3.17. The highest BCUT2D eigenvalue weighted by molar-refractivity contribution is 7.21. The lowest BCUT2D eigenvalue weighted by Gasteiger charge is -2.00. The van der Waals surface area contributed by atoms with E-state index >= 15 is 0 Å². The number of fused-ring (bicyclic) bond motifs is 1. The lowest BCUT2D eigenvalue weighted by atomic mass is 10.3. The highest BCUT2D eigenvalue weighted by Crippen LogP contribution is 2.31. The van der Waals surface area contributed by atoms with Gasteiger partial charge in [0.15, 0.2) is 0 Å². The van der Waals surface area contributed by atoms with Crippen molar-refractivity contribution in [2.24, 2.45) is 7.05 Å². The predicted octanol–water partition coefficient (Wildman–Crippen LogP) is 3.74. The van der Waals surface area contributed by atoms with E-state index < -0.39 is 0 Å². The second-order valence-corrected chi connectivity index (χ2v) is 7.42. The number of hydrogen-bond acceptors (Lipinski definition) is 6. The van der Waals surface area contributed by atoms with Gasteiger partial charge in [-0.2, -0.15) is 5.10 Å². The van der Waals surface area contributed by atoms with Gasteiger partial charge in [-0.15, -0.1) is 22.7 Å². The second kappa shape index (κ2) is 6.37. The van der Waals surface area contributed by atoms with Crippen LogP contribution < -0.4 is 5.32 Å². The molecule has 1 N–H and O–H groups in total. The van der Waals surface area contributed by atoms with Gasteiger partial charge in [0.2, 0.25) is 0 Å². The van der Waals surface area contributed by atoms with E-state index in [0.29, 0.717) is 21.4 Å². The van der Waals surface area contributed by atoms with Crippen LogP contribution in [-0.2, 0) is 11.8 Å². The van der Waals surface area contributed by atoms with Gasteiger partial charge in [0, 0.05) is 12.4 Å². The molecule has 24 heavy (non-hydrogen) atoms. The molecule has 3 aromatic rings. The quantitative estimate of drug-likeness (QED) is 0.717. The fourth-order valence-electron chi connectivity index (χ4n) is 2.43. The number of nitrogens with one attached hydrogen (secondary N) is 1. The Kier molecular flexibility index (Phi) is 4.42. The van der Waals surface area contributed by atoms with E-state index in [1.54, 1.807) is 17.7 Å². The normalized spacial score (nSPS) is 11.0. The maximum absolute atomic E-state index is 12.5. The molecule has 0 spiro atoms. The molecule has 8 heteroatoms. The number of ether oxygens (including phenoxy) is 1. The molecule has 0 bridgehead atoms. The van der Waals surface area contributed by atoms with Crippen molar-refractivity contribution in [1.82, 2.24) is 9.78 Å². The molecule has 0 atom stereocenters. The Morgan fingerprint density at radius 1 is 1.29 bits per heavy atom. The third kappa shape index (κ3) is 2.94. The van der Waals surface area contributed by atoms with E-state index in [9.17, 15) is 9.59 Å². The molecular formula is C16H17N3O3S2. The van der Waals surface area contributed by atoms with E-state index in [1.807, 2.05) is 27.0 Å². The summed E-state index contributed by atoms with van der Waals surface area (Å²) in [6.45, 7) is 5.84. The van der Waals surface area contributed by atoms with Gasteiger partial charge in [0.25, 0.3) is 5.91 Å². The third-order valence-electron chi connectivity index (χ3n) is 3.54. The van der Waals surface area contributed by atoms with Crippen LogP contribution in [0.4, 0.5) is 5.00 Å². The largest absolute Gasteiger partial charge is 0.462 e. The topological polar surface area (TPSA) is 73.2 Å². The number of aryl methyl sites for hydroxylation is 3. The van der Waals surface area contributed by atoms with Crippen molar-refractivity contribution in [3.05, 3.63) is 33.1 Å². The van der Waals surface area contributed by atoms with Gasteiger partial charge in [-0.1, -0.05) is 0 Å². The Bertz CT molecular complexity index is 902. The standard InChI is InChI=1S/C16H17N3O3S2/c1-5-22-16(21)13-8(2)6-12(24-13)17-14(20)11-7-10-9(3)18-19(4)15(10)23-11/h6-7H,5H2,1-4H3,(H,17,20). The number of hydrogen-bond donors (Lipinski definition) is 1. The van der Waals surface area contributed by atoms with Crippen LogP contribution in [0.1, 0.15) is 37.5 Å². The van der Waals surface area contributed by atoms with E-state index in [4.69, 9.17) is 4.74 Å². The number of anilines is 1. The summed E-state index contributed by atoms with van der Waals surface area (Å²) in [7, 11) is 1.86. The average molecular weight is 363 g/mol. The number of carbonyl (C=O) groups excluding carboxylic acids is 2. The number of aromatic nitrogens is 2. The molecule has 0 saturated heterocycles. The first-order chi connectivity index (χ1) is 11.4. The number of rotatable bonds is 4. The first kappa shape index (κ1) is 16.7. The van der Waals surface area contributed by atoms with Crippen molar-refractivity contribution in [3.8, 4) is 0 Å². The van der Waals surface area contributed by atoms with Gasteiger partial charge in [-0.3, -0.25) is 9.48 Å². The summed E-state index contributed by atoms with van der Waals surface area (Å²) < 4.78 is 6.80. The monoisotopic (exact) mass is 363 g/mol. The second-order valence-electron chi connectivity index (χ2n) is 5.34.